The largest absolute Gasteiger partial charge is 0.367 e. The van der Waals surface area contributed by atoms with Gasteiger partial charge >= 0.3 is 0 Å². The summed E-state index contributed by atoms with van der Waals surface area (Å²) in [7, 11) is 1.56. The number of nitrogens with zero attached hydrogens (tertiary/aromatic N) is 5. The molecule has 2 N–H and O–H groups in total. The van der Waals surface area contributed by atoms with Crippen molar-refractivity contribution in [1.82, 2.24) is 25.0 Å². The molecule has 5 heterocycles. The van der Waals surface area contributed by atoms with E-state index in [1.165, 1.54) is 5.57 Å². The predicted molar refractivity (Wildman–Crippen MR) is 154 cm³/mol. The zero-order chi connectivity index (χ0) is 27.7. The fourth-order valence-electron chi connectivity index (χ4n) is 5.69. The minimum Gasteiger partial charge on any atom is -0.367 e. The number of likely N-dealkylation sites (tertiary alicyclic amines) is 1. The number of hydrogen-bond acceptors (Lipinski definition) is 7. The van der Waals surface area contributed by atoms with E-state index in [0.717, 1.165) is 46.4 Å². The molecule has 0 radical (unpaired) electrons. The molecule has 0 aliphatic carbocycles. The van der Waals surface area contributed by atoms with Crippen molar-refractivity contribution < 1.29 is 14.3 Å². The van der Waals surface area contributed by atoms with Crippen LogP contribution < -0.4 is 5.32 Å². The van der Waals surface area contributed by atoms with Crippen molar-refractivity contribution in [3.05, 3.63) is 65.6 Å². The maximum Gasteiger partial charge on any atom is 0.258 e. The topological polar surface area (TPSA) is 116 Å². The van der Waals surface area contributed by atoms with Gasteiger partial charge < -0.3 is 15.0 Å². The van der Waals surface area contributed by atoms with Gasteiger partial charge in [0, 0.05) is 74.5 Å². The van der Waals surface area contributed by atoms with E-state index in [2.05, 4.69) is 37.6 Å². The normalized spacial score (nSPS) is 21.1. The SMILES string of the molecule is COC1(C(=O)Nc2ccc3[nH]nc(-c4ccnc(C)c4)c3c2)CCN(CC(=O)N2CC=C(C3=CCC=N3)CC2)C1. The Kier molecular flexibility index (Phi) is 7.03. The number of anilines is 1. The predicted octanol–water partition coefficient (Wildman–Crippen LogP) is 3.48. The highest BCUT2D eigenvalue weighted by molar-refractivity contribution is 6.01. The monoisotopic (exact) mass is 539 g/mol. The first-order valence-electron chi connectivity index (χ1n) is 13.6. The Labute approximate surface area is 232 Å². The second-order valence-corrected chi connectivity index (χ2v) is 10.6. The summed E-state index contributed by atoms with van der Waals surface area (Å²) < 4.78 is 5.81. The highest BCUT2D eigenvalue weighted by Gasteiger charge is 2.45. The lowest BCUT2D eigenvalue weighted by molar-refractivity contribution is -0.138. The second-order valence-electron chi connectivity index (χ2n) is 10.6. The first kappa shape index (κ1) is 26.1. The van der Waals surface area contributed by atoms with Crippen LogP contribution >= 0.6 is 0 Å². The van der Waals surface area contributed by atoms with Crippen molar-refractivity contribution in [2.24, 2.45) is 4.99 Å². The zero-order valence-electron chi connectivity index (χ0n) is 22.8. The Morgan fingerprint density at radius 1 is 1.18 bits per heavy atom. The molecule has 1 fully saturated rings. The van der Waals surface area contributed by atoms with Gasteiger partial charge in [-0.25, -0.2) is 0 Å². The molecule has 10 heteroatoms. The lowest BCUT2D eigenvalue weighted by Crippen LogP contribution is -2.48. The number of aromatic nitrogens is 3. The smallest absolute Gasteiger partial charge is 0.258 e. The lowest BCUT2D eigenvalue weighted by Gasteiger charge is -2.29. The van der Waals surface area contributed by atoms with E-state index >= 15 is 0 Å². The first-order valence-corrected chi connectivity index (χ1v) is 13.6. The average molecular weight is 540 g/mol. The van der Waals surface area contributed by atoms with Crippen LogP contribution in [-0.4, -0.2) is 88.4 Å². The molecule has 206 valence electrons. The molecule has 1 atom stereocenters. The Balaban J connectivity index is 1.10. The highest BCUT2D eigenvalue weighted by Crippen LogP contribution is 2.31. The van der Waals surface area contributed by atoms with Gasteiger partial charge in [-0.05, 0) is 55.7 Å². The summed E-state index contributed by atoms with van der Waals surface area (Å²) in [6.45, 7) is 4.43. The van der Waals surface area contributed by atoms with Crippen molar-refractivity contribution in [3.63, 3.8) is 0 Å². The van der Waals surface area contributed by atoms with Crippen molar-refractivity contribution in [1.29, 1.82) is 0 Å². The van der Waals surface area contributed by atoms with Crippen molar-refractivity contribution in [3.8, 4) is 11.3 Å². The van der Waals surface area contributed by atoms with Crippen LogP contribution in [0.1, 0.15) is 25.0 Å². The highest BCUT2D eigenvalue weighted by atomic mass is 16.5. The van der Waals surface area contributed by atoms with Crippen LogP contribution in [0.5, 0.6) is 0 Å². The number of amides is 2. The van der Waals surface area contributed by atoms with E-state index in [4.69, 9.17) is 4.74 Å². The van der Waals surface area contributed by atoms with Crippen molar-refractivity contribution in [2.45, 2.75) is 31.8 Å². The number of methoxy groups -OCH3 is 1. The Hall–Kier alpha value is -4.15. The van der Waals surface area contributed by atoms with Gasteiger partial charge in [0.25, 0.3) is 5.91 Å². The molecule has 1 saturated heterocycles. The summed E-state index contributed by atoms with van der Waals surface area (Å²) in [4.78, 5) is 39.2. The molecule has 0 bridgehead atoms. The van der Waals surface area contributed by atoms with Gasteiger partial charge in [-0.1, -0.05) is 12.2 Å². The first-order chi connectivity index (χ1) is 19.4. The molecule has 2 amide bonds. The number of carbonyl (C=O) groups is 2. The number of ether oxygens (including phenoxy) is 1. The quantitative estimate of drug-likeness (QED) is 0.475. The number of rotatable bonds is 7. The summed E-state index contributed by atoms with van der Waals surface area (Å²) in [5.74, 6) is -0.152. The number of aromatic amines is 1. The molecule has 10 nitrogen and oxygen atoms in total. The van der Waals surface area contributed by atoms with Crippen LogP contribution in [0.15, 0.2) is 64.9 Å². The van der Waals surface area contributed by atoms with Gasteiger partial charge in [0.05, 0.1) is 17.8 Å². The number of benzene rings is 1. The molecule has 3 aliphatic heterocycles. The molecular weight excluding hydrogens is 506 g/mol. The number of pyridine rings is 1. The van der Waals surface area contributed by atoms with Gasteiger partial charge in [-0.3, -0.25) is 29.6 Å². The summed E-state index contributed by atoms with van der Waals surface area (Å²) in [6, 6.07) is 9.58. The lowest BCUT2D eigenvalue weighted by atomic mass is 10.0. The zero-order valence-corrected chi connectivity index (χ0v) is 22.8. The molecule has 0 saturated carbocycles. The molecule has 0 spiro atoms. The summed E-state index contributed by atoms with van der Waals surface area (Å²) >= 11 is 0. The number of aliphatic imine (C=N–C) groups is 1. The Morgan fingerprint density at radius 3 is 2.83 bits per heavy atom. The van der Waals surface area contributed by atoms with Gasteiger partial charge in [0.1, 0.15) is 5.69 Å². The summed E-state index contributed by atoms with van der Waals surface area (Å²) in [6.07, 6.45) is 10.1. The third-order valence-electron chi connectivity index (χ3n) is 8.00. The van der Waals surface area contributed by atoms with E-state index in [-0.39, 0.29) is 18.4 Å². The minimum atomic E-state index is -1.03. The molecule has 1 aromatic carbocycles. The molecule has 2 aromatic heterocycles. The third-order valence-corrected chi connectivity index (χ3v) is 8.00. The summed E-state index contributed by atoms with van der Waals surface area (Å²) in [5.41, 5.74) is 5.42. The van der Waals surface area contributed by atoms with Crippen molar-refractivity contribution in [2.75, 3.05) is 45.2 Å². The van der Waals surface area contributed by atoms with E-state index in [1.807, 2.05) is 53.3 Å². The van der Waals surface area contributed by atoms with Crippen LogP contribution in [0.25, 0.3) is 22.2 Å². The minimum absolute atomic E-state index is 0.0656. The molecule has 3 aromatic rings. The maximum atomic E-state index is 13.5. The molecule has 3 aliphatic rings. The number of carbonyl (C=O) groups excluding carboxylic acids is 2. The van der Waals surface area contributed by atoms with Crippen LogP contribution in [0.2, 0.25) is 0 Å². The Morgan fingerprint density at radius 2 is 2.08 bits per heavy atom. The summed E-state index contributed by atoms with van der Waals surface area (Å²) in [5, 5.41) is 11.5. The van der Waals surface area contributed by atoms with Gasteiger partial charge in [0.15, 0.2) is 5.60 Å². The van der Waals surface area contributed by atoms with Crippen molar-refractivity contribution >= 4 is 34.6 Å². The van der Waals surface area contributed by atoms with Crippen LogP contribution in [0.4, 0.5) is 5.69 Å². The molecular formula is C30H33N7O3. The fourth-order valence-corrected chi connectivity index (χ4v) is 5.69. The van der Waals surface area contributed by atoms with Crippen LogP contribution in [0, 0.1) is 6.92 Å². The Bertz CT molecular complexity index is 1560. The average Bonchev–Trinajstić information content (AvgIpc) is 3.73. The van der Waals surface area contributed by atoms with Crippen LogP contribution in [-0.2, 0) is 14.3 Å². The van der Waals surface area contributed by atoms with E-state index < -0.39 is 5.60 Å². The molecule has 40 heavy (non-hydrogen) atoms. The van der Waals surface area contributed by atoms with Gasteiger partial charge in [-0.2, -0.15) is 5.10 Å². The number of H-pyrrole nitrogens is 1. The van der Waals surface area contributed by atoms with Gasteiger partial charge in [0.2, 0.25) is 5.91 Å². The number of nitrogens with one attached hydrogen (secondary N) is 2. The molecule has 1 unspecified atom stereocenters. The van der Waals surface area contributed by atoms with E-state index in [9.17, 15) is 9.59 Å². The standard InChI is InChI=1S/C30H33N7O3/c1-20-16-22(7-12-31-20)28-24-17-23(5-6-26(24)34-35-28)33-29(39)30(40-2)10-15-36(19-30)18-27(38)37-13-8-21(9-14-37)25-4-3-11-32-25/h4-8,11-12,16-17H,3,9-10,13-15,18-19H2,1-2H3,(H,33,39)(H,34,35). The van der Waals surface area contributed by atoms with E-state index in [1.54, 1.807) is 13.3 Å². The maximum absolute atomic E-state index is 13.5. The fraction of sp³-hybridized carbons (Fsp3) is 0.367. The van der Waals surface area contributed by atoms with Gasteiger partial charge in [-0.15, -0.1) is 0 Å². The molecule has 6 rings (SSSR count). The second kappa shape index (κ2) is 10.8. The number of allylic oxidation sites excluding steroid dienone is 2. The van der Waals surface area contributed by atoms with E-state index in [0.29, 0.717) is 38.3 Å². The number of aryl methyl sites for hydroxylation is 1. The van der Waals surface area contributed by atoms with Crippen LogP contribution in [0.3, 0.4) is 0 Å². The number of fused-ring (bicyclic) bond motifs is 1. The number of hydrogen-bond donors (Lipinski definition) is 2. The third kappa shape index (κ3) is 5.07.